The Bertz CT molecular complexity index is 685. The van der Waals surface area contributed by atoms with Crippen LogP contribution in [0.1, 0.15) is 24.1 Å². The van der Waals surface area contributed by atoms with Crippen molar-refractivity contribution in [2.75, 3.05) is 11.4 Å². The summed E-state index contributed by atoms with van der Waals surface area (Å²) in [6, 6.07) is 6.65. The van der Waals surface area contributed by atoms with E-state index in [2.05, 4.69) is 14.8 Å². The largest absolute Gasteiger partial charge is 0.361 e. The number of rotatable bonds is 2. The van der Waals surface area contributed by atoms with E-state index in [0.717, 1.165) is 31.2 Å². The van der Waals surface area contributed by atoms with Crippen LogP contribution in [0.4, 0.5) is 10.1 Å². The van der Waals surface area contributed by atoms with Crippen LogP contribution >= 0.6 is 0 Å². The minimum atomic E-state index is -0.480. The fourth-order valence-corrected chi connectivity index (χ4v) is 2.57. The highest BCUT2D eigenvalue weighted by Gasteiger charge is 2.23. The molecule has 2 aromatic rings. The molecule has 0 unspecified atom stereocenters. The van der Waals surface area contributed by atoms with Crippen LogP contribution < -0.4 is 4.90 Å². The number of aromatic nitrogens is 3. The lowest BCUT2D eigenvalue weighted by Crippen LogP contribution is -2.35. The number of nitrogens with zero attached hydrogens (tertiary/aromatic N) is 5. The Balaban J connectivity index is 1.95. The van der Waals surface area contributed by atoms with Crippen LogP contribution in [0, 0.1) is 17.1 Å². The van der Waals surface area contributed by atoms with Gasteiger partial charge in [0.1, 0.15) is 23.3 Å². The van der Waals surface area contributed by atoms with E-state index in [9.17, 15) is 4.39 Å². The molecule has 0 aliphatic carbocycles. The van der Waals surface area contributed by atoms with Gasteiger partial charge < -0.3 is 9.47 Å². The number of fused-ring (bicyclic) bond motifs is 1. The van der Waals surface area contributed by atoms with Gasteiger partial charge in [-0.05, 0) is 12.1 Å². The Hall–Kier alpha value is -2.42. The quantitative estimate of drug-likeness (QED) is 0.836. The molecule has 1 aromatic heterocycles. The standard InChI is InChI=1S/C14H14FN5/c1-2-13-17-18-14-9-19(6-7-20(13)14)12-5-3-4-11(15)10(12)8-16/h3-5H,2,6-7,9H2,1H3. The predicted molar refractivity (Wildman–Crippen MR) is 71.6 cm³/mol. The molecule has 6 heteroatoms. The van der Waals surface area contributed by atoms with E-state index in [1.54, 1.807) is 12.1 Å². The summed E-state index contributed by atoms with van der Waals surface area (Å²) in [5, 5.41) is 17.4. The fraction of sp³-hybridized carbons (Fsp3) is 0.357. The van der Waals surface area contributed by atoms with E-state index >= 15 is 0 Å². The summed E-state index contributed by atoms with van der Waals surface area (Å²) < 4.78 is 15.8. The van der Waals surface area contributed by atoms with Crippen molar-refractivity contribution in [3.63, 3.8) is 0 Å². The van der Waals surface area contributed by atoms with Gasteiger partial charge in [0.2, 0.25) is 0 Å². The summed E-state index contributed by atoms with van der Waals surface area (Å²) in [6.45, 7) is 4.07. The van der Waals surface area contributed by atoms with Crippen molar-refractivity contribution in [1.29, 1.82) is 5.26 Å². The molecule has 0 atom stereocenters. The Morgan fingerprint density at radius 1 is 1.35 bits per heavy atom. The fourth-order valence-electron chi connectivity index (χ4n) is 2.57. The van der Waals surface area contributed by atoms with E-state index in [1.807, 2.05) is 17.9 Å². The van der Waals surface area contributed by atoms with Gasteiger partial charge in [-0.25, -0.2) is 4.39 Å². The van der Waals surface area contributed by atoms with Crippen LogP contribution in [0.2, 0.25) is 0 Å². The zero-order valence-electron chi connectivity index (χ0n) is 11.2. The zero-order valence-corrected chi connectivity index (χ0v) is 11.2. The van der Waals surface area contributed by atoms with Crippen molar-refractivity contribution in [2.45, 2.75) is 26.4 Å². The molecule has 0 amide bonds. The lowest BCUT2D eigenvalue weighted by molar-refractivity contribution is 0.542. The normalized spacial score (nSPS) is 13.9. The molecular formula is C14H14FN5. The molecule has 102 valence electrons. The van der Waals surface area contributed by atoms with Gasteiger partial charge in [-0.3, -0.25) is 0 Å². The predicted octanol–water partition coefficient (Wildman–Crippen LogP) is 1.87. The Kier molecular flexibility index (Phi) is 3.11. The van der Waals surface area contributed by atoms with Gasteiger partial charge in [-0.15, -0.1) is 10.2 Å². The second-order valence-electron chi connectivity index (χ2n) is 4.70. The van der Waals surface area contributed by atoms with E-state index < -0.39 is 5.82 Å². The third-order valence-corrected chi connectivity index (χ3v) is 3.59. The topological polar surface area (TPSA) is 57.7 Å². The molecule has 1 aliphatic rings. The first-order chi connectivity index (χ1) is 9.74. The number of benzene rings is 1. The van der Waals surface area contributed by atoms with Gasteiger partial charge in [0.05, 0.1) is 12.2 Å². The SMILES string of the molecule is CCc1nnc2n1CCN(c1cccc(F)c1C#N)C2. The Morgan fingerprint density at radius 2 is 2.20 bits per heavy atom. The van der Waals surface area contributed by atoms with Crippen molar-refractivity contribution in [1.82, 2.24) is 14.8 Å². The first-order valence-electron chi connectivity index (χ1n) is 6.59. The minimum Gasteiger partial charge on any atom is -0.361 e. The van der Waals surface area contributed by atoms with Gasteiger partial charge in [-0.1, -0.05) is 13.0 Å². The molecule has 0 saturated heterocycles. The second kappa shape index (κ2) is 4.93. The molecule has 0 spiro atoms. The molecule has 0 saturated carbocycles. The summed E-state index contributed by atoms with van der Waals surface area (Å²) in [5.41, 5.74) is 0.718. The summed E-state index contributed by atoms with van der Waals surface area (Å²) in [5.74, 6) is 1.35. The summed E-state index contributed by atoms with van der Waals surface area (Å²) >= 11 is 0. The van der Waals surface area contributed by atoms with E-state index in [1.165, 1.54) is 6.07 Å². The number of halogens is 1. The summed E-state index contributed by atoms with van der Waals surface area (Å²) in [6.07, 6.45) is 0.844. The second-order valence-corrected chi connectivity index (χ2v) is 4.70. The third-order valence-electron chi connectivity index (χ3n) is 3.59. The maximum Gasteiger partial charge on any atom is 0.152 e. The Labute approximate surface area is 116 Å². The van der Waals surface area contributed by atoms with Gasteiger partial charge in [0.25, 0.3) is 0 Å². The van der Waals surface area contributed by atoms with Crippen LogP contribution in [-0.4, -0.2) is 21.3 Å². The van der Waals surface area contributed by atoms with Crippen molar-refractivity contribution in [2.24, 2.45) is 0 Å². The van der Waals surface area contributed by atoms with Crippen LogP contribution in [-0.2, 0) is 19.5 Å². The molecule has 5 nitrogen and oxygen atoms in total. The van der Waals surface area contributed by atoms with Crippen molar-refractivity contribution in [3.8, 4) is 6.07 Å². The lowest BCUT2D eigenvalue weighted by Gasteiger charge is -2.30. The Morgan fingerprint density at radius 3 is 2.95 bits per heavy atom. The first-order valence-corrected chi connectivity index (χ1v) is 6.59. The maximum absolute atomic E-state index is 13.7. The zero-order chi connectivity index (χ0) is 14.1. The lowest BCUT2D eigenvalue weighted by atomic mass is 10.1. The van der Waals surface area contributed by atoms with Crippen LogP contribution in [0.5, 0.6) is 0 Å². The van der Waals surface area contributed by atoms with Crippen molar-refractivity contribution in [3.05, 3.63) is 41.2 Å². The van der Waals surface area contributed by atoms with Gasteiger partial charge in [0, 0.05) is 19.5 Å². The van der Waals surface area contributed by atoms with Crippen LogP contribution in [0.3, 0.4) is 0 Å². The molecule has 0 N–H and O–H groups in total. The average Bonchev–Trinajstić information content (AvgIpc) is 2.89. The molecular weight excluding hydrogens is 257 g/mol. The van der Waals surface area contributed by atoms with Crippen LogP contribution in [0.25, 0.3) is 0 Å². The molecule has 2 heterocycles. The highest BCUT2D eigenvalue weighted by molar-refractivity contribution is 5.60. The van der Waals surface area contributed by atoms with Crippen LogP contribution in [0.15, 0.2) is 18.2 Å². The summed E-state index contributed by atoms with van der Waals surface area (Å²) in [4.78, 5) is 1.98. The number of nitriles is 1. The molecule has 0 radical (unpaired) electrons. The highest BCUT2D eigenvalue weighted by atomic mass is 19.1. The molecule has 3 rings (SSSR count). The molecule has 1 aliphatic heterocycles. The third kappa shape index (κ3) is 1.92. The average molecular weight is 271 g/mol. The van der Waals surface area contributed by atoms with Gasteiger partial charge >= 0.3 is 0 Å². The molecule has 0 fully saturated rings. The monoisotopic (exact) mass is 271 g/mol. The van der Waals surface area contributed by atoms with Crippen molar-refractivity contribution >= 4 is 5.69 Å². The van der Waals surface area contributed by atoms with Crippen molar-refractivity contribution < 1.29 is 4.39 Å². The summed E-state index contributed by atoms with van der Waals surface area (Å²) in [7, 11) is 0. The first kappa shape index (κ1) is 12.6. The van der Waals surface area contributed by atoms with Gasteiger partial charge in [0.15, 0.2) is 5.82 Å². The smallest absolute Gasteiger partial charge is 0.152 e. The minimum absolute atomic E-state index is 0.0937. The maximum atomic E-state index is 13.7. The molecule has 20 heavy (non-hydrogen) atoms. The number of hydrogen-bond acceptors (Lipinski definition) is 4. The number of anilines is 1. The molecule has 1 aromatic carbocycles. The van der Waals surface area contributed by atoms with Gasteiger partial charge in [-0.2, -0.15) is 5.26 Å². The number of hydrogen-bond donors (Lipinski definition) is 0. The van der Waals surface area contributed by atoms with E-state index in [-0.39, 0.29) is 5.56 Å². The van der Waals surface area contributed by atoms with E-state index in [0.29, 0.717) is 12.2 Å². The van der Waals surface area contributed by atoms with E-state index in [4.69, 9.17) is 5.26 Å². The molecule has 0 bridgehead atoms. The highest BCUT2D eigenvalue weighted by Crippen LogP contribution is 2.26. The number of aryl methyl sites for hydroxylation is 1.